The highest BCUT2D eigenvalue weighted by Gasteiger charge is 2.34. The minimum atomic E-state index is -0.513. The van der Waals surface area contributed by atoms with Crippen LogP contribution in [0.25, 0.3) is 0 Å². The fourth-order valence-electron chi connectivity index (χ4n) is 1.92. The number of fused-ring (bicyclic) bond motifs is 1. The number of carbonyl (C=O) groups is 2. The van der Waals surface area contributed by atoms with Crippen LogP contribution in [0.1, 0.15) is 39.6 Å². The van der Waals surface area contributed by atoms with Crippen molar-refractivity contribution in [2.45, 2.75) is 26.4 Å². The summed E-state index contributed by atoms with van der Waals surface area (Å²) in [4.78, 5) is 25.2. The van der Waals surface area contributed by atoms with Gasteiger partial charge >= 0.3 is 0 Å². The summed E-state index contributed by atoms with van der Waals surface area (Å²) in [6, 6.07) is 5.24. The lowest BCUT2D eigenvalue weighted by Crippen LogP contribution is -2.32. The summed E-state index contributed by atoms with van der Waals surface area (Å²) in [5.74, 6) is -0.514. The highest BCUT2D eigenvalue weighted by atomic mass is 16.3. The molecule has 1 atom stereocenters. The predicted molar refractivity (Wildman–Crippen MR) is 62.8 cm³/mol. The van der Waals surface area contributed by atoms with Gasteiger partial charge in [0.05, 0.1) is 17.2 Å². The van der Waals surface area contributed by atoms with Gasteiger partial charge in [0.2, 0.25) is 0 Å². The molecule has 2 rings (SSSR count). The van der Waals surface area contributed by atoms with Crippen molar-refractivity contribution < 1.29 is 14.7 Å². The van der Waals surface area contributed by atoms with Gasteiger partial charge in [0.25, 0.3) is 11.8 Å². The first-order valence-corrected chi connectivity index (χ1v) is 5.65. The third kappa shape index (κ3) is 2.08. The van der Waals surface area contributed by atoms with Gasteiger partial charge in [0, 0.05) is 6.54 Å². The molecule has 1 N–H and O–H groups in total. The van der Waals surface area contributed by atoms with Crippen molar-refractivity contribution in [3.63, 3.8) is 0 Å². The minimum Gasteiger partial charge on any atom is -0.393 e. The zero-order valence-corrected chi connectivity index (χ0v) is 9.93. The zero-order chi connectivity index (χ0) is 12.6. The summed E-state index contributed by atoms with van der Waals surface area (Å²) >= 11 is 0. The molecule has 1 aliphatic rings. The number of hydrogen-bond acceptors (Lipinski definition) is 3. The van der Waals surface area contributed by atoms with Gasteiger partial charge in [0.1, 0.15) is 0 Å². The van der Waals surface area contributed by atoms with E-state index in [1.54, 1.807) is 19.1 Å². The largest absolute Gasteiger partial charge is 0.393 e. The van der Waals surface area contributed by atoms with Crippen molar-refractivity contribution in [1.29, 1.82) is 0 Å². The molecule has 2 amide bonds. The molecule has 1 heterocycles. The van der Waals surface area contributed by atoms with Crippen LogP contribution in [0.15, 0.2) is 18.2 Å². The van der Waals surface area contributed by atoms with E-state index in [0.717, 1.165) is 5.56 Å². The van der Waals surface area contributed by atoms with Gasteiger partial charge in [0.15, 0.2) is 0 Å². The summed E-state index contributed by atoms with van der Waals surface area (Å²) in [6.07, 6.45) is -0.106. The van der Waals surface area contributed by atoms with Gasteiger partial charge in [-0.15, -0.1) is 0 Å². The average molecular weight is 233 g/mol. The number of benzene rings is 1. The third-order valence-corrected chi connectivity index (χ3v) is 2.90. The number of carbonyl (C=O) groups excluding carboxylic acids is 2. The lowest BCUT2D eigenvalue weighted by atomic mass is 10.1. The Morgan fingerprint density at radius 3 is 2.53 bits per heavy atom. The molecule has 0 radical (unpaired) electrons. The van der Waals surface area contributed by atoms with Crippen LogP contribution in [0, 0.1) is 6.92 Å². The van der Waals surface area contributed by atoms with E-state index in [4.69, 9.17) is 0 Å². The Balaban J connectivity index is 2.26. The van der Waals surface area contributed by atoms with Crippen molar-refractivity contribution in [2.24, 2.45) is 0 Å². The molecule has 90 valence electrons. The summed E-state index contributed by atoms with van der Waals surface area (Å²) in [5.41, 5.74) is 1.90. The summed E-state index contributed by atoms with van der Waals surface area (Å²) in [7, 11) is 0. The van der Waals surface area contributed by atoms with E-state index in [1.807, 2.05) is 13.0 Å². The van der Waals surface area contributed by atoms with Crippen molar-refractivity contribution >= 4 is 11.8 Å². The zero-order valence-electron chi connectivity index (χ0n) is 9.93. The normalized spacial score (nSPS) is 16.3. The Morgan fingerprint density at radius 2 is 1.88 bits per heavy atom. The molecule has 0 bridgehead atoms. The Hall–Kier alpha value is -1.68. The highest BCUT2D eigenvalue weighted by molar-refractivity contribution is 6.21. The highest BCUT2D eigenvalue weighted by Crippen LogP contribution is 2.24. The van der Waals surface area contributed by atoms with Gasteiger partial charge in [-0.1, -0.05) is 11.6 Å². The standard InChI is InChI=1S/C13H15NO3/c1-8-3-4-10-11(7-8)13(17)14(12(10)16)6-5-9(2)15/h3-4,7,9,15H,5-6H2,1-2H3. The topological polar surface area (TPSA) is 57.6 Å². The Morgan fingerprint density at radius 1 is 1.24 bits per heavy atom. The predicted octanol–water partition coefficient (Wildman–Crippen LogP) is 1.36. The van der Waals surface area contributed by atoms with E-state index in [2.05, 4.69) is 0 Å². The Labute approximate surface area is 99.9 Å². The summed E-state index contributed by atoms with van der Waals surface area (Å²) in [5, 5.41) is 9.20. The number of nitrogens with zero attached hydrogens (tertiary/aromatic N) is 1. The molecule has 4 heteroatoms. The maximum atomic E-state index is 12.0. The van der Waals surface area contributed by atoms with Gasteiger partial charge in [-0.3, -0.25) is 14.5 Å². The second-order valence-electron chi connectivity index (χ2n) is 4.45. The first kappa shape index (κ1) is 11.8. The molecule has 0 aromatic heterocycles. The molecule has 0 spiro atoms. The van der Waals surface area contributed by atoms with E-state index < -0.39 is 6.10 Å². The number of aryl methyl sites for hydroxylation is 1. The quantitative estimate of drug-likeness (QED) is 0.802. The lowest BCUT2D eigenvalue weighted by molar-refractivity contribution is 0.0629. The molecule has 1 unspecified atom stereocenters. The number of rotatable bonds is 3. The lowest BCUT2D eigenvalue weighted by Gasteiger charge is -2.14. The fourth-order valence-corrected chi connectivity index (χ4v) is 1.92. The maximum Gasteiger partial charge on any atom is 0.261 e. The fraction of sp³-hybridized carbons (Fsp3) is 0.385. The van der Waals surface area contributed by atoms with Gasteiger partial charge < -0.3 is 5.11 Å². The first-order chi connectivity index (χ1) is 8.00. The van der Waals surface area contributed by atoms with Gasteiger partial charge in [-0.25, -0.2) is 0 Å². The molecule has 17 heavy (non-hydrogen) atoms. The molecule has 1 aromatic carbocycles. The summed E-state index contributed by atoms with van der Waals surface area (Å²) in [6.45, 7) is 3.79. The van der Waals surface area contributed by atoms with Crippen LogP contribution in [-0.2, 0) is 0 Å². The number of hydrogen-bond donors (Lipinski definition) is 1. The monoisotopic (exact) mass is 233 g/mol. The maximum absolute atomic E-state index is 12.0. The molecule has 4 nitrogen and oxygen atoms in total. The van der Waals surface area contributed by atoms with E-state index in [1.165, 1.54) is 4.90 Å². The second-order valence-corrected chi connectivity index (χ2v) is 4.45. The van der Waals surface area contributed by atoms with Crippen molar-refractivity contribution in [3.05, 3.63) is 34.9 Å². The van der Waals surface area contributed by atoms with Crippen LogP contribution < -0.4 is 0 Å². The van der Waals surface area contributed by atoms with Crippen LogP contribution in [-0.4, -0.2) is 34.5 Å². The van der Waals surface area contributed by atoms with Gasteiger partial charge in [-0.2, -0.15) is 0 Å². The van der Waals surface area contributed by atoms with Crippen LogP contribution >= 0.6 is 0 Å². The van der Waals surface area contributed by atoms with Crippen LogP contribution in [0.3, 0.4) is 0 Å². The number of amides is 2. The van der Waals surface area contributed by atoms with E-state index in [-0.39, 0.29) is 18.4 Å². The molecule has 1 aliphatic heterocycles. The molecule has 1 aromatic rings. The van der Waals surface area contributed by atoms with Crippen LogP contribution in [0.2, 0.25) is 0 Å². The minimum absolute atomic E-state index is 0.255. The smallest absolute Gasteiger partial charge is 0.261 e. The number of aliphatic hydroxyl groups excluding tert-OH is 1. The number of imide groups is 1. The second kappa shape index (κ2) is 4.30. The molecular weight excluding hydrogens is 218 g/mol. The molecule has 0 fully saturated rings. The van der Waals surface area contributed by atoms with Crippen molar-refractivity contribution in [2.75, 3.05) is 6.54 Å². The molecule has 0 saturated heterocycles. The third-order valence-electron chi connectivity index (χ3n) is 2.90. The molecule has 0 aliphatic carbocycles. The Bertz CT molecular complexity index is 480. The van der Waals surface area contributed by atoms with E-state index in [9.17, 15) is 14.7 Å². The van der Waals surface area contributed by atoms with Crippen molar-refractivity contribution in [1.82, 2.24) is 4.90 Å². The first-order valence-electron chi connectivity index (χ1n) is 5.65. The Kier molecular flexibility index (Phi) is 2.98. The SMILES string of the molecule is Cc1ccc2c(c1)C(=O)N(CCC(C)O)C2=O. The molecule has 0 saturated carbocycles. The van der Waals surface area contributed by atoms with Crippen LogP contribution in [0.5, 0.6) is 0 Å². The van der Waals surface area contributed by atoms with Gasteiger partial charge in [-0.05, 0) is 32.4 Å². The van der Waals surface area contributed by atoms with Crippen LogP contribution in [0.4, 0.5) is 0 Å². The number of aliphatic hydroxyl groups is 1. The van der Waals surface area contributed by atoms with E-state index >= 15 is 0 Å². The average Bonchev–Trinajstić information content (AvgIpc) is 2.49. The molecular formula is C13H15NO3. The van der Waals surface area contributed by atoms with Crippen molar-refractivity contribution in [3.8, 4) is 0 Å². The van der Waals surface area contributed by atoms with E-state index in [0.29, 0.717) is 17.5 Å². The summed E-state index contributed by atoms with van der Waals surface area (Å²) < 4.78 is 0.